The van der Waals surface area contributed by atoms with Crippen molar-refractivity contribution < 1.29 is 17.9 Å². The first-order chi connectivity index (χ1) is 16.0. The molecule has 4 aromatic rings. The van der Waals surface area contributed by atoms with Crippen molar-refractivity contribution in [1.82, 2.24) is 9.55 Å². The molecule has 4 rings (SSSR count). The topological polar surface area (TPSA) is 39.1 Å². The minimum Gasteiger partial charge on any atom is -0.484 e. The first-order valence-electron chi connectivity index (χ1n) is 10.8. The van der Waals surface area contributed by atoms with Gasteiger partial charge in [-0.15, -0.1) is 0 Å². The van der Waals surface area contributed by atoms with Crippen LogP contribution >= 0.6 is 11.6 Å². The summed E-state index contributed by atoms with van der Waals surface area (Å²) in [5.41, 5.74) is 4.69. The van der Waals surface area contributed by atoms with Crippen LogP contribution in [0, 0.1) is 0 Å². The van der Waals surface area contributed by atoms with Gasteiger partial charge in [0.2, 0.25) is 5.95 Å². The van der Waals surface area contributed by atoms with E-state index in [2.05, 4.69) is 50.4 Å². The zero-order chi connectivity index (χ0) is 24.5. The van der Waals surface area contributed by atoms with Crippen LogP contribution in [0.25, 0.3) is 16.7 Å². The third kappa shape index (κ3) is 5.65. The molecular formula is C26H25ClF3N3O. The summed E-state index contributed by atoms with van der Waals surface area (Å²) in [7, 11) is 0. The zero-order valence-electron chi connectivity index (χ0n) is 19.1. The first-order valence-corrected chi connectivity index (χ1v) is 11.2. The van der Waals surface area contributed by atoms with Gasteiger partial charge in [-0.2, -0.15) is 13.2 Å². The van der Waals surface area contributed by atoms with Gasteiger partial charge in [0.1, 0.15) is 5.75 Å². The van der Waals surface area contributed by atoms with E-state index in [1.807, 2.05) is 10.6 Å². The van der Waals surface area contributed by atoms with Crippen molar-refractivity contribution in [2.75, 3.05) is 11.9 Å². The average Bonchev–Trinajstić information content (AvgIpc) is 3.13. The first kappa shape index (κ1) is 24.0. The molecule has 0 unspecified atom stereocenters. The fourth-order valence-corrected chi connectivity index (χ4v) is 3.76. The second-order valence-electron chi connectivity index (χ2n) is 9.10. The summed E-state index contributed by atoms with van der Waals surface area (Å²) in [6.45, 7) is 5.74. The van der Waals surface area contributed by atoms with Crippen molar-refractivity contribution >= 4 is 28.6 Å². The molecule has 0 fully saturated rings. The molecule has 0 aliphatic carbocycles. The van der Waals surface area contributed by atoms with Crippen molar-refractivity contribution in [2.24, 2.45) is 0 Å². The van der Waals surface area contributed by atoms with E-state index in [0.29, 0.717) is 23.0 Å². The van der Waals surface area contributed by atoms with E-state index in [4.69, 9.17) is 21.3 Å². The maximum atomic E-state index is 12.5. The number of hydrogen-bond donors (Lipinski definition) is 1. The standard InChI is InChI=1S/C26H25ClF3N3O/c1-25(2,3)18-6-4-17(5-7-18)15-31-24-32-22-14-19(27)8-13-23(22)33(24)20-9-11-21(12-10-20)34-16-26(28,29)30/h4-14H,15-16H2,1-3H3,(H,31,32). The Balaban J connectivity index is 1.61. The number of ether oxygens (including phenoxy) is 1. The number of halogens is 4. The minimum atomic E-state index is -4.39. The van der Waals surface area contributed by atoms with Crippen LogP contribution in [0.3, 0.4) is 0 Å². The molecule has 1 aromatic heterocycles. The fraction of sp³-hybridized carbons (Fsp3) is 0.269. The molecular weight excluding hydrogens is 463 g/mol. The van der Waals surface area contributed by atoms with Gasteiger partial charge in [-0.05, 0) is 59.0 Å². The van der Waals surface area contributed by atoms with Gasteiger partial charge in [0.05, 0.1) is 11.0 Å². The maximum absolute atomic E-state index is 12.5. The van der Waals surface area contributed by atoms with Gasteiger partial charge < -0.3 is 10.1 Å². The lowest BCUT2D eigenvalue weighted by molar-refractivity contribution is -0.153. The highest BCUT2D eigenvalue weighted by molar-refractivity contribution is 6.31. The molecule has 0 aliphatic rings. The number of imidazole rings is 1. The summed E-state index contributed by atoms with van der Waals surface area (Å²) >= 11 is 6.17. The number of anilines is 1. The molecule has 178 valence electrons. The Labute approximate surface area is 201 Å². The van der Waals surface area contributed by atoms with E-state index in [1.54, 1.807) is 24.3 Å². The summed E-state index contributed by atoms with van der Waals surface area (Å²) in [5.74, 6) is 0.739. The SMILES string of the molecule is CC(C)(C)c1ccc(CNc2nc3cc(Cl)ccc3n2-c2ccc(OCC(F)(F)F)cc2)cc1. The molecule has 0 amide bonds. The highest BCUT2D eigenvalue weighted by Gasteiger charge is 2.28. The van der Waals surface area contributed by atoms with Gasteiger partial charge in [-0.3, -0.25) is 4.57 Å². The van der Waals surface area contributed by atoms with Crippen molar-refractivity contribution in [3.63, 3.8) is 0 Å². The van der Waals surface area contributed by atoms with Gasteiger partial charge in [-0.1, -0.05) is 56.6 Å². The second-order valence-corrected chi connectivity index (χ2v) is 9.54. The van der Waals surface area contributed by atoms with Gasteiger partial charge >= 0.3 is 6.18 Å². The van der Waals surface area contributed by atoms with Crippen LogP contribution in [0.2, 0.25) is 5.02 Å². The van der Waals surface area contributed by atoms with E-state index in [0.717, 1.165) is 16.8 Å². The van der Waals surface area contributed by atoms with E-state index < -0.39 is 12.8 Å². The predicted molar refractivity (Wildman–Crippen MR) is 130 cm³/mol. The maximum Gasteiger partial charge on any atom is 0.422 e. The molecule has 0 bridgehead atoms. The summed E-state index contributed by atoms with van der Waals surface area (Å²) in [4.78, 5) is 4.70. The molecule has 0 radical (unpaired) electrons. The lowest BCUT2D eigenvalue weighted by Gasteiger charge is -2.19. The van der Waals surface area contributed by atoms with Gasteiger partial charge in [0.15, 0.2) is 6.61 Å². The minimum absolute atomic E-state index is 0.0786. The summed E-state index contributed by atoms with van der Waals surface area (Å²) in [5, 5.41) is 3.95. The highest BCUT2D eigenvalue weighted by atomic mass is 35.5. The summed E-state index contributed by atoms with van der Waals surface area (Å²) in [6.07, 6.45) is -4.39. The highest BCUT2D eigenvalue weighted by Crippen LogP contribution is 2.29. The Hall–Kier alpha value is -3.19. The number of benzene rings is 3. The van der Waals surface area contributed by atoms with Crippen LogP contribution in [-0.4, -0.2) is 22.3 Å². The average molecular weight is 488 g/mol. The molecule has 0 aliphatic heterocycles. The van der Waals surface area contributed by atoms with Gasteiger partial charge in [0, 0.05) is 17.3 Å². The van der Waals surface area contributed by atoms with Crippen molar-refractivity contribution in [3.05, 3.63) is 82.9 Å². The van der Waals surface area contributed by atoms with Crippen LogP contribution in [0.1, 0.15) is 31.9 Å². The molecule has 0 atom stereocenters. The molecule has 0 spiro atoms. The Morgan fingerprint density at radius 1 is 0.941 bits per heavy atom. The number of nitrogens with zero attached hydrogens (tertiary/aromatic N) is 2. The molecule has 1 heterocycles. The third-order valence-corrected chi connectivity index (χ3v) is 5.62. The quantitative estimate of drug-likeness (QED) is 0.305. The van der Waals surface area contributed by atoms with E-state index >= 15 is 0 Å². The molecule has 0 saturated carbocycles. The second kappa shape index (κ2) is 9.22. The number of aromatic nitrogens is 2. The molecule has 0 saturated heterocycles. The number of hydrogen-bond acceptors (Lipinski definition) is 3. The number of rotatable bonds is 6. The Morgan fingerprint density at radius 2 is 1.62 bits per heavy atom. The number of nitrogens with one attached hydrogen (secondary N) is 1. The van der Waals surface area contributed by atoms with E-state index in [9.17, 15) is 13.2 Å². The molecule has 4 nitrogen and oxygen atoms in total. The molecule has 1 N–H and O–H groups in total. The van der Waals surface area contributed by atoms with Gasteiger partial charge in [-0.25, -0.2) is 4.98 Å². The van der Waals surface area contributed by atoms with E-state index in [-0.39, 0.29) is 11.2 Å². The van der Waals surface area contributed by atoms with Crippen LogP contribution in [-0.2, 0) is 12.0 Å². The normalized spacial score (nSPS) is 12.2. The smallest absolute Gasteiger partial charge is 0.422 e. The van der Waals surface area contributed by atoms with Crippen molar-refractivity contribution in [3.8, 4) is 11.4 Å². The Bertz CT molecular complexity index is 1270. The summed E-state index contributed by atoms with van der Waals surface area (Å²) in [6, 6.07) is 20.3. The van der Waals surface area contributed by atoms with Gasteiger partial charge in [0.25, 0.3) is 0 Å². The summed E-state index contributed by atoms with van der Waals surface area (Å²) < 4.78 is 44.1. The largest absolute Gasteiger partial charge is 0.484 e. The fourth-order valence-electron chi connectivity index (χ4n) is 3.59. The third-order valence-electron chi connectivity index (χ3n) is 5.38. The zero-order valence-corrected chi connectivity index (χ0v) is 19.8. The predicted octanol–water partition coefficient (Wildman–Crippen LogP) is 7.53. The lowest BCUT2D eigenvalue weighted by atomic mass is 9.87. The van der Waals surface area contributed by atoms with Crippen LogP contribution in [0.15, 0.2) is 66.7 Å². The molecule has 3 aromatic carbocycles. The molecule has 8 heteroatoms. The monoisotopic (exact) mass is 487 g/mol. The van der Waals surface area contributed by atoms with E-state index in [1.165, 1.54) is 17.7 Å². The Morgan fingerprint density at radius 3 is 2.24 bits per heavy atom. The number of alkyl halides is 3. The molecule has 34 heavy (non-hydrogen) atoms. The number of fused-ring (bicyclic) bond motifs is 1. The van der Waals surface area contributed by atoms with Crippen molar-refractivity contribution in [2.45, 2.75) is 38.9 Å². The lowest BCUT2D eigenvalue weighted by Crippen LogP contribution is -2.19. The van der Waals surface area contributed by atoms with Crippen LogP contribution in [0.5, 0.6) is 5.75 Å². The van der Waals surface area contributed by atoms with Crippen molar-refractivity contribution in [1.29, 1.82) is 0 Å². The Kier molecular flexibility index (Phi) is 6.49. The van der Waals surface area contributed by atoms with Crippen LogP contribution < -0.4 is 10.1 Å². The van der Waals surface area contributed by atoms with Crippen LogP contribution in [0.4, 0.5) is 19.1 Å².